The van der Waals surface area contributed by atoms with Gasteiger partial charge in [-0.25, -0.2) is 0 Å². The van der Waals surface area contributed by atoms with Gasteiger partial charge in [0, 0.05) is 0 Å². The second-order valence-corrected chi connectivity index (χ2v) is 17.8. The average Bonchev–Trinajstić information content (AvgIpc) is 2.16. The number of hydrogen-bond acceptors (Lipinski definition) is 0. The molecule has 0 saturated carbocycles. The molecule has 0 nitrogen and oxygen atoms in total. The van der Waals surface area contributed by atoms with E-state index in [0.717, 1.165) is 0 Å². The van der Waals surface area contributed by atoms with Gasteiger partial charge in [-0.3, -0.25) is 0 Å². The van der Waals surface area contributed by atoms with E-state index < -0.39 is 14.5 Å². The van der Waals surface area contributed by atoms with Gasteiger partial charge in [0.05, 0.1) is 0 Å². The van der Waals surface area contributed by atoms with E-state index in [1.165, 1.54) is 11.1 Å². The predicted octanol–water partition coefficient (Wildman–Crippen LogP) is 3.45. The van der Waals surface area contributed by atoms with Crippen LogP contribution >= 0.6 is 14.5 Å². The first-order chi connectivity index (χ1) is 7.89. The van der Waals surface area contributed by atoms with Crippen molar-refractivity contribution in [1.82, 2.24) is 0 Å². The Labute approximate surface area is 115 Å². The van der Waals surface area contributed by atoms with Crippen LogP contribution in [-0.2, 0) is 0 Å². The van der Waals surface area contributed by atoms with Crippen molar-refractivity contribution in [3.05, 3.63) is 22.3 Å². The number of rotatable bonds is 2. The van der Waals surface area contributed by atoms with Crippen molar-refractivity contribution in [3.63, 3.8) is 0 Å². The zero-order valence-corrected chi connectivity index (χ0v) is 16.0. The molecule has 0 aliphatic carbocycles. The molecular formula is C16H32P2. The van der Waals surface area contributed by atoms with Crippen LogP contribution in [0, 0.1) is 27.7 Å². The molecule has 0 N–H and O–H groups in total. The molecule has 0 aromatic heterocycles. The van der Waals surface area contributed by atoms with Crippen LogP contribution in [0.4, 0.5) is 0 Å². The van der Waals surface area contributed by atoms with Crippen LogP contribution in [0.1, 0.15) is 22.3 Å². The molecule has 1 aromatic rings. The number of hydrogen-bond donors (Lipinski definition) is 0. The molecule has 18 heavy (non-hydrogen) atoms. The van der Waals surface area contributed by atoms with Gasteiger partial charge in [0.2, 0.25) is 0 Å². The van der Waals surface area contributed by atoms with Crippen molar-refractivity contribution in [2.45, 2.75) is 27.7 Å². The molecule has 0 spiro atoms. The van der Waals surface area contributed by atoms with Crippen LogP contribution in [-0.4, -0.2) is 40.0 Å². The minimum absolute atomic E-state index is 1.28. The second kappa shape index (κ2) is 4.88. The first-order valence-corrected chi connectivity index (χ1v) is 14.0. The average molecular weight is 286 g/mol. The van der Waals surface area contributed by atoms with E-state index in [1.807, 2.05) is 0 Å². The first kappa shape index (κ1) is 16.1. The van der Waals surface area contributed by atoms with E-state index in [1.54, 1.807) is 21.7 Å². The molecule has 0 aliphatic rings. The fourth-order valence-corrected chi connectivity index (χ4v) is 9.94. The third-order valence-electron chi connectivity index (χ3n) is 4.19. The van der Waals surface area contributed by atoms with Crippen molar-refractivity contribution < 1.29 is 0 Å². The second-order valence-electron chi connectivity index (χ2n) is 7.75. The van der Waals surface area contributed by atoms with Crippen molar-refractivity contribution in [3.8, 4) is 0 Å². The Kier molecular flexibility index (Phi) is 4.38. The van der Waals surface area contributed by atoms with Gasteiger partial charge in [-0.1, -0.05) is 0 Å². The Morgan fingerprint density at radius 2 is 0.667 bits per heavy atom. The van der Waals surface area contributed by atoms with Crippen molar-refractivity contribution in [1.29, 1.82) is 0 Å². The van der Waals surface area contributed by atoms with Crippen LogP contribution in [0.2, 0.25) is 0 Å². The molecule has 0 saturated heterocycles. The van der Waals surface area contributed by atoms with Crippen LogP contribution in [0.25, 0.3) is 0 Å². The normalized spacial score (nSPS) is 14.8. The minimum atomic E-state index is -1.28. The fourth-order valence-electron chi connectivity index (χ4n) is 3.19. The van der Waals surface area contributed by atoms with E-state index in [9.17, 15) is 0 Å². The summed E-state index contributed by atoms with van der Waals surface area (Å²) in [5, 5.41) is 3.50. The quantitative estimate of drug-likeness (QED) is 0.731. The van der Waals surface area contributed by atoms with Gasteiger partial charge in [0.15, 0.2) is 0 Å². The number of benzene rings is 1. The van der Waals surface area contributed by atoms with E-state index in [-0.39, 0.29) is 0 Å². The van der Waals surface area contributed by atoms with E-state index >= 15 is 0 Å². The summed E-state index contributed by atoms with van der Waals surface area (Å²) in [7, 11) is -2.57. The summed E-state index contributed by atoms with van der Waals surface area (Å²) in [6.07, 6.45) is 0. The monoisotopic (exact) mass is 286 g/mol. The predicted molar refractivity (Wildman–Crippen MR) is 96.8 cm³/mol. The summed E-state index contributed by atoms with van der Waals surface area (Å²) in [6.45, 7) is 24.3. The van der Waals surface area contributed by atoms with Crippen LogP contribution in [0.3, 0.4) is 0 Å². The summed E-state index contributed by atoms with van der Waals surface area (Å²) in [4.78, 5) is 0. The maximum absolute atomic E-state index is 2.49. The van der Waals surface area contributed by atoms with Gasteiger partial charge in [-0.05, 0) is 0 Å². The van der Waals surface area contributed by atoms with Crippen LogP contribution in [0.15, 0.2) is 0 Å². The topological polar surface area (TPSA) is 0 Å². The van der Waals surface area contributed by atoms with Crippen molar-refractivity contribution >= 4 is 25.1 Å². The molecule has 0 atom stereocenters. The van der Waals surface area contributed by atoms with E-state index in [2.05, 4.69) is 67.7 Å². The molecule has 0 bridgehead atoms. The van der Waals surface area contributed by atoms with E-state index in [0.29, 0.717) is 0 Å². The Morgan fingerprint density at radius 1 is 0.444 bits per heavy atom. The molecule has 1 rings (SSSR count). The first-order valence-electron chi connectivity index (χ1n) is 7.00. The Bertz CT molecular complexity index is 427. The molecule has 0 unspecified atom stereocenters. The third kappa shape index (κ3) is 2.81. The summed E-state index contributed by atoms with van der Waals surface area (Å²) in [6, 6.07) is 0. The van der Waals surface area contributed by atoms with Gasteiger partial charge < -0.3 is 0 Å². The van der Waals surface area contributed by atoms with Gasteiger partial charge >= 0.3 is 115 Å². The van der Waals surface area contributed by atoms with Gasteiger partial charge in [-0.15, -0.1) is 0 Å². The summed E-state index contributed by atoms with van der Waals surface area (Å²) in [5.41, 5.74) is 6.20. The van der Waals surface area contributed by atoms with Crippen molar-refractivity contribution in [2.24, 2.45) is 0 Å². The molecule has 0 aliphatic heterocycles. The van der Waals surface area contributed by atoms with E-state index in [4.69, 9.17) is 0 Å². The molecule has 2 heteroatoms. The Hall–Kier alpha value is 0.0800. The molecule has 0 fully saturated rings. The summed E-state index contributed by atoms with van der Waals surface area (Å²) >= 11 is 0. The molecular weight excluding hydrogens is 254 g/mol. The molecule has 0 radical (unpaired) electrons. The molecule has 106 valence electrons. The maximum atomic E-state index is 2.49. The molecule has 0 amide bonds. The van der Waals surface area contributed by atoms with Gasteiger partial charge in [0.25, 0.3) is 0 Å². The Balaban J connectivity index is 3.89. The van der Waals surface area contributed by atoms with Gasteiger partial charge in [-0.2, -0.15) is 0 Å². The van der Waals surface area contributed by atoms with Crippen LogP contribution < -0.4 is 10.6 Å². The molecule has 1 aromatic carbocycles. The SMILES string of the molecule is Cc1c(C)c(C)c([PH](C)(C)C)c([PH](C)(C)C)c1C. The standard InChI is InChI=1S/C16H32P2/c1-11-12(2)14(4)16(18(8,9)10)15(13(11)3)17(5,6)7/h17-18H,1-10H3. The fraction of sp³-hybridized carbons (Fsp3) is 0.625. The zero-order chi connectivity index (χ0) is 14.5. The van der Waals surface area contributed by atoms with Crippen LogP contribution in [0.5, 0.6) is 0 Å². The Morgan fingerprint density at radius 3 is 0.833 bits per heavy atom. The summed E-state index contributed by atoms with van der Waals surface area (Å²) in [5.74, 6) is 0. The third-order valence-corrected chi connectivity index (χ3v) is 8.69. The zero-order valence-electron chi connectivity index (χ0n) is 14.0. The summed E-state index contributed by atoms with van der Waals surface area (Å²) < 4.78 is 0. The van der Waals surface area contributed by atoms with Crippen molar-refractivity contribution in [2.75, 3.05) is 40.0 Å². The molecule has 0 heterocycles. The van der Waals surface area contributed by atoms with Gasteiger partial charge in [0.1, 0.15) is 0 Å².